The van der Waals surface area contributed by atoms with Crippen molar-refractivity contribution in [2.75, 3.05) is 11.9 Å². The third-order valence-electron chi connectivity index (χ3n) is 3.53. The molecule has 0 aliphatic carbocycles. The maximum Gasteiger partial charge on any atom is 0.123 e. The Hall–Kier alpha value is -1.26. The van der Waals surface area contributed by atoms with E-state index in [1.54, 1.807) is 6.07 Å². The number of aryl methyl sites for hydroxylation is 1. The SMILES string of the molecule is Cc1cc(Br)c(NCC2Cc3cc(F)ccc3O2)cc1Cl. The van der Waals surface area contributed by atoms with E-state index in [1.165, 1.54) is 12.1 Å². The third kappa shape index (κ3) is 3.16. The molecule has 0 bridgehead atoms. The maximum absolute atomic E-state index is 13.2. The van der Waals surface area contributed by atoms with Gasteiger partial charge < -0.3 is 10.1 Å². The Kier molecular flexibility index (Phi) is 4.09. The van der Waals surface area contributed by atoms with Crippen molar-refractivity contribution in [1.29, 1.82) is 0 Å². The van der Waals surface area contributed by atoms with Gasteiger partial charge >= 0.3 is 0 Å². The van der Waals surface area contributed by atoms with Gasteiger partial charge in [-0.2, -0.15) is 0 Å². The van der Waals surface area contributed by atoms with Crippen LogP contribution in [0.4, 0.5) is 10.1 Å². The average Bonchev–Trinajstić information content (AvgIpc) is 2.83. The molecule has 21 heavy (non-hydrogen) atoms. The van der Waals surface area contributed by atoms with E-state index in [4.69, 9.17) is 16.3 Å². The maximum atomic E-state index is 13.2. The topological polar surface area (TPSA) is 21.3 Å². The summed E-state index contributed by atoms with van der Waals surface area (Å²) in [6, 6.07) is 8.51. The molecule has 2 nitrogen and oxygen atoms in total. The van der Waals surface area contributed by atoms with E-state index in [-0.39, 0.29) is 11.9 Å². The lowest BCUT2D eigenvalue weighted by Gasteiger charge is -2.15. The van der Waals surface area contributed by atoms with Gasteiger partial charge in [0.15, 0.2) is 0 Å². The fourth-order valence-electron chi connectivity index (χ4n) is 2.41. The minimum atomic E-state index is -0.223. The highest BCUT2D eigenvalue weighted by Gasteiger charge is 2.23. The monoisotopic (exact) mass is 369 g/mol. The zero-order valence-electron chi connectivity index (χ0n) is 11.4. The van der Waals surface area contributed by atoms with E-state index in [9.17, 15) is 4.39 Å². The van der Waals surface area contributed by atoms with Gasteiger partial charge in [0.25, 0.3) is 0 Å². The summed E-state index contributed by atoms with van der Waals surface area (Å²) in [6.45, 7) is 2.59. The molecule has 1 aliphatic rings. The van der Waals surface area contributed by atoms with Crippen LogP contribution in [0.3, 0.4) is 0 Å². The van der Waals surface area contributed by atoms with Crippen LogP contribution in [0.2, 0.25) is 5.02 Å². The van der Waals surface area contributed by atoms with Gasteiger partial charge in [-0.3, -0.25) is 0 Å². The second kappa shape index (κ2) is 5.85. The molecule has 1 unspecified atom stereocenters. The van der Waals surface area contributed by atoms with Crippen LogP contribution in [0.5, 0.6) is 5.75 Å². The number of ether oxygens (including phenoxy) is 1. The van der Waals surface area contributed by atoms with Gasteiger partial charge in [0.05, 0.1) is 12.2 Å². The van der Waals surface area contributed by atoms with Crippen molar-refractivity contribution in [3.63, 3.8) is 0 Å². The van der Waals surface area contributed by atoms with Crippen molar-refractivity contribution in [3.8, 4) is 5.75 Å². The Morgan fingerprint density at radius 3 is 3.00 bits per heavy atom. The zero-order valence-corrected chi connectivity index (χ0v) is 13.8. The van der Waals surface area contributed by atoms with Crippen LogP contribution < -0.4 is 10.1 Å². The Morgan fingerprint density at radius 1 is 1.38 bits per heavy atom. The molecule has 0 aromatic heterocycles. The average molecular weight is 371 g/mol. The minimum Gasteiger partial charge on any atom is -0.488 e. The predicted octanol–water partition coefficient (Wildman–Crippen LogP) is 4.97. The number of rotatable bonds is 3. The molecule has 2 aromatic rings. The van der Waals surface area contributed by atoms with Crippen molar-refractivity contribution >= 4 is 33.2 Å². The molecule has 1 atom stereocenters. The fraction of sp³-hybridized carbons (Fsp3) is 0.250. The molecular formula is C16H14BrClFNO. The largest absolute Gasteiger partial charge is 0.488 e. The molecule has 0 amide bonds. The number of benzene rings is 2. The number of halogens is 3. The second-order valence-electron chi connectivity index (χ2n) is 5.16. The molecular weight excluding hydrogens is 357 g/mol. The van der Waals surface area contributed by atoms with Gasteiger partial charge in [0, 0.05) is 21.5 Å². The standard InChI is InChI=1S/C16H14BrClFNO/c1-9-4-13(17)15(7-14(9)18)20-8-12-6-10-5-11(19)2-3-16(10)21-12/h2-5,7,12,20H,6,8H2,1H3. The summed E-state index contributed by atoms with van der Waals surface area (Å²) < 4.78 is 19.9. The van der Waals surface area contributed by atoms with Crippen molar-refractivity contribution in [3.05, 3.63) is 56.8 Å². The van der Waals surface area contributed by atoms with Crippen LogP contribution in [-0.2, 0) is 6.42 Å². The normalized spacial score (nSPS) is 16.5. The highest BCUT2D eigenvalue weighted by atomic mass is 79.9. The van der Waals surface area contributed by atoms with Crippen LogP contribution in [0.1, 0.15) is 11.1 Å². The van der Waals surface area contributed by atoms with Crippen molar-refractivity contribution in [1.82, 2.24) is 0 Å². The van der Waals surface area contributed by atoms with E-state index in [1.807, 2.05) is 19.1 Å². The first-order chi connectivity index (χ1) is 10.0. The van der Waals surface area contributed by atoms with Crippen molar-refractivity contribution < 1.29 is 9.13 Å². The molecule has 0 saturated heterocycles. The highest BCUT2D eigenvalue weighted by Crippen LogP contribution is 2.31. The summed E-state index contributed by atoms with van der Waals surface area (Å²) in [5.41, 5.74) is 2.87. The van der Waals surface area contributed by atoms with E-state index in [0.29, 0.717) is 13.0 Å². The van der Waals surface area contributed by atoms with Crippen LogP contribution in [-0.4, -0.2) is 12.6 Å². The summed E-state index contributed by atoms with van der Waals surface area (Å²) in [5.74, 6) is 0.545. The summed E-state index contributed by atoms with van der Waals surface area (Å²) in [7, 11) is 0. The first-order valence-electron chi connectivity index (χ1n) is 6.67. The van der Waals surface area contributed by atoms with Gasteiger partial charge in [-0.1, -0.05) is 11.6 Å². The van der Waals surface area contributed by atoms with Gasteiger partial charge in [0.2, 0.25) is 0 Å². The van der Waals surface area contributed by atoms with Crippen LogP contribution in [0.25, 0.3) is 0 Å². The minimum absolute atomic E-state index is 0.00576. The molecule has 2 aromatic carbocycles. The fourth-order valence-corrected chi connectivity index (χ4v) is 3.17. The molecule has 0 saturated carbocycles. The summed E-state index contributed by atoms with van der Waals surface area (Å²) in [4.78, 5) is 0. The Balaban J connectivity index is 1.66. The molecule has 1 heterocycles. The summed E-state index contributed by atoms with van der Waals surface area (Å²) >= 11 is 9.66. The van der Waals surface area contributed by atoms with E-state index in [2.05, 4.69) is 21.2 Å². The van der Waals surface area contributed by atoms with Crippen LogP contribution in [0, 0.1) is 12.7 Å². The van der Waals surface area contributed by atoms with E-state index in [0.717, 1.165) is 32.1 Å². The highest BCUT2D eigenvalue weighted by molar-refractivity contribution is 9.10. The lowest BCUT2D eigenvalue weighted by molar-refractivity contribution is 0.246. The van der Waals surface area contributed by atoms with Crippen LogP contribution in [0.15, 0.2) is 34.8 Å². The van der Waals surface area contributed by atoms with Gasteiger partial charge in [0.1, 0.15) is 17.7 Å². The molecule has 0 radical (unpaired) electrons. The zero-order chi connectivity index (χ0) is 15.0. The molecule has 0 fully saturated rings. The van der Waals surface area contributed by atoms with Gasteiger partial charge in [-0.15, -0.1) is 0 Å². The quantitative estimate of drug-likeness (QED) is 0.824. The predicted molar refractivity (Wildman–Crippen MR) is 86.9 cm³/mol. The number of nitrogens with one attached hydrogen (secondary N) is 1. The van der Waals surface area contributed by atoms with Gasteiger partial charge in [-0.05, 0) is 58.7 Å². The van der Waals surface area contributed by atoms with Crippen molar-refractivity contribution in [2.24, 2.45) is 0 Å². The smallest absolute Gasteiger partial charge is 0.123 e. The Bertz CT molecular complexity index is 692. The second-order valence-corrected chi connectivity index (χ2v) is 6.42. The van der Waals surface area contributed by atoms with Gasteiger partial charge in [-0.25, -0.2) is 4.39 Å². The van der Waals surface area contributed by atoms with E-state index < -0.39 is 0 Å². The van der Waals surface area contributed by atoms with E-state index >= 15 is 0 Å². The number of fused-ring (bicyclic) bond motifs is 1. The summed E-state index contributed by atoms with van der Waals surface area (Å²) in [6.07, 6.45) is 0.700. The first-order valence-corrected chi connectivity index (χ1v) is 7.84. The lowest BCUT2D eigenvalue weighted by Crippen LogP contribution is -2.24. The molecule has 3 rings (SSSR count). The Labute approximate surface area is 136 Å². The molecule has 5 heteroatoms. The molecule has 1 aliphatic heterocycles. The van der Waals surface area contributed by atoms with Crippen molar-refractivity contribution in [2.45, 2.75) is 19.4 Å². The lowest BCUT2D eigenvalue weighted by atomic mass is 10.1. The number of hydrogen-bond donors (Lipinski definition) is 1. The number of anilines is 1. The molecule has 0 spiro atoms. The Morgan fingerprint density at radius 2 is 2.19 bits per heavy atom. The third-order valence-corrected chi connectivity index (χ3v) is 4.60. The number of hydrogen-bond acceptors (Lipinski definition) is 2. The summed E-state index contributed by atoms with van der Waals surface area (Å²) in [5, 5.41) is 4.04. The van der Waals surface area contributed by atoms with Crippen LogP contribution >= 0.6 is 27.5 Å². The molecule has 1 N–H and O–H groups in total. The molecule has 110 valence electrons. The first kappa shape index (κ1) is 14.7.